The molecule has 0 N–H and O–H groups in total. The summed E-state index contributed by atoms with van der Waals surface area (Å²) in [5, 5.41) is 0. The highest BCUT2D eigenvalue weighted by Gasteiger charge is 2.19. The fraction of sp³-hybridized carbons (Fsp3) is 0.250. The molecule has 2 aromatic carbocycles. The Kier molecular flexibility index (Phi) is 1.94. The lowest BCUT2D eigenvalue weighted by Gasteiger charge is -2.05. The van der Waals surface area contributed by atoms with Gasteiger partial charge in [-0.3, -0.25) is 0 Å². The molecule has 0 spiro atoms. The minimum Gasteiger partial charge on any atom is -0.0614 e. The van der Waals surface area contributed by atoms with Crippen LogP contribution in [0.25, 0.3) is 11.1 Å². The van der Waals surface area contributed by atoms with Crippen LogP contribution >= 0.6 is 0 Å². The lowest BCUT2D eigenvalue weighted by molar-refractivity contribution is 1.20. The summed E-state index contributed by atoms with van der Waals surface area (Å²) in [6, 6.07) is 11.3. The largest absolute Gasteiger partial charge is 0.0614 e. The van der Waals surface area contributed by atoms with Crippen LogP contribution in [0.5, 0.6) is 0 Å². The predicted molar refractivity (Wildman–Crippen MR) is 68.9 cm³/mol. The van der Waals surface area contributed by atoms with Crippen LogP contribution in [0.2, 0.25) is 0 Å². The quantitative estimate of drug-likeness (QED) is 0.520. The van der Waals surface area contributed by atoms with Crippen LogP contribution in [0.15, 0.2) is 30.3 Å². The highest BCUT2D eigenvalue weighted by atomic mass is 14.2. The molecule has 1 aliphatic carbocycles. The van der Waals surface area contributed by atoms with E-state index in [4.69, 9.17) is 0 Å². The first-order valence-corrected chi connectivity index (χ1v) is 5.86. The molecule has 0 saturated carbocycles. The molecule has 0 radical (unpaired) electrons. The molecule has 80 valence electrons. The standard InChI is InChI=1S/C16H16/c1-10-5-4-6-14-15(10)9-13-7-11(2)12(3)8-16(13)14/h4-8H,9H2,1-3H3. The zero-order chi connectivity index (χ0) is 11.3. The third-order valence-electron chi connectivity index (χ3n) is 3.79. The second-order valence-corrected chi connectivity index (χ2v) is 4.87. The summed E-state index contributed by atoms with van der Waals surface area (Å²) in [7, 11) is 0. The van der Waals surface area contributed by atoms with E-state index in [0.717, 1.165) is 6.42 Å². The van der Waals surface area contributed by atoms with Gasteiger partial charge in [-0.1, -0.05) is 30.3 Å². The Hall–Kier alpha value is -1.56. The smallest absolute Gasteiger partial charge is 0.00107 e. The van der Waals surface area contributed by atoms with Gasteiger partial charge in [-0.25, -0.2) is 0 Å². The van der Waals surface area contributed by atoms with Gasteiger partial charge in [0.2, 0.25) is 0 Å². The Morgan fingerprint density at radius 1 is 0.812 bits per heavy atom. The minimum atomic E-state index is 1.11. The number of hydrogen-bond donors (Lipinski definition) is 0. The Balaban J connectivity index is 2.30. The van der Waals surface area contributed by atoms with Crippen LogP contribution in [0, 0.1) is 20.8 Å². The summed E-state index contributed by atoms with van der Waals surface area (Å²) in [5.41, 5.74) is 10.1. The topological polar surface area (TPSA) is 0 Å². The molecule has 0 atom stereocenters. The first-order valence-electron chi connectivity index (χ1n) is 5.86. The van der Waals surface area contributed by atoms with Crippen LogP contribution in [-0.4, -0.2) is 0 Å². The predicted octanol–water partition coefficient (Wildman–Crippen LogP) is 4.18. The highest BCUT2D eigenvalue weighted by molar-refractivity contribution is 5.78. The third kappa shape index (κ3) is 1.23. The van der Waals surface area contributed by atoms with Gasteiger partial charge in [-0.15, -0.1) is 0 Å². The molecule has 0 amide bonds. The molecule has 0 fully saturated rings. The molecule has 1 aliphatic rings. The molecule has 0 saturated heterocycles. The van der Waals surface area contributed by atoms with Gasteiger partial charge in [0, 0.05) is 0 Å². The van der Waals surface area contributed by atoms with Crippen molar-refractivity contribution in [3.63, 3.8) is 0 Å². The summed E-state index contributed by atoms with van der Waals surface area (Å²) in [4.78, 5) is 0. The summed E-state index contributed by atoms with van der Waals surface area (Å²) >= 11 is 0. The second-order valence-electron chi connectivity index (χ2n) is 4.87. The van der Waals surface area contributed by atoms with Crippen molar-refractivity contribution in [1.29, 1.82) is 0 Å². The molecule has 0 bridgehead atoms. The van der Waals surface area contributed by atoms with Crippen molar-refractivity contribution in [3.05, 3.63) is 58.1 Å². The van der Waals surface area contributed by atoms with E-state index in [0.29, 0.717) is 0 Å². The first kappa shape index (κ1) is 9.65. The fourth-order valence-electron chi connectivity index (χ4n) is 2.65. The maximum absolute atomic E-state index is 2.35. The number of hydrogen-bond acceptors (Lipinski definition) is 0. The van der Waals surface area contributed by atoms with Gasteiger partial charge < -0.3 is 0 Å². The Morgan fingerprint density at radius 3 is 2.38 bits per heavy atom. The van der Waals surface area contributed by atoms with Crippen molar-refractivity contribution in [2.24, 2.45) is 0 Å². The fourth-order valence-corrected chi connectivity index (χ4v) is 2.65. The number of aryl methyl sites for hydroxylation is 3. The Bertz CT molecular complexity index is 577. The molecule has 0 aromatic heterocycles. The molecular formula is C16H16. The zero-order valence-corrected chi connectivity index (χ0v) is 10.1. The lowest BCUT2D eigenvalue weighted by Crippen LogP contribution is -1.86. The molecule has 3 rings (SSSR count). The van der Waals surface area contributed by atoms with E-state index < -0.39 is 0 Å². The summed E-state index contributed by atoms with van der Waals surface area (Å²) in [6.07, 6.45) is 1.11. The average Bonchev–Trinajstić information content (AvgIpc) is 2.59. The highest BCUT2D eigenvalue weighted by Crippen LogP contribution is 2.39. The monoisotopic (exact) mass is 208 g/mol. The van der Waals surface area contributed by atoms with Crippen molar-refractivity contribution in [2.45, 2.75) is 27.2 Å². The van der Waals surface area contributed by atoms with Gasteiger partial charge in [-0.05, 0) is 66.1 Å². The molecule has 0 aliphatic heterocycles. The van der Waals surface area contributed by atoms with Gasteiger partial charge in [0.25, 0.3) is 0 Å². The van der Waals surface area contributed by atoms with E-state index in [9.17, 15) is 0 Å². The molecule has 0 nitrogen and oxygen atoms in total. The van der Waals surface area contributed by atoms with E-state index >= 15 is 0 Å². The second kappa shape index (κ2) is 3.21. The van der Waals surface area contributed by atoms with Crippen molar-refractivity contribution < 1.29 is 0 Å². The molecule has 2 aromatic rings. The molecule has 0 unspecified atom stereocenters. The molecule has 0 heteroatoms. The van der Waals surface area contributed by atoms with Crippen molar-refractivity contribution in [3.8, 4) is 11.1 Å². The van der Waals surface area contributed by atoms with Crippen molar-refractivity contribution in [1.82, 2.24) is 0 Å². The zero-order valence-electron chi connectivity index (χ0n) is 10.1. The van der Waals surface area contributed by atoms with E-state index in [1.165, 1.54) is 38.9 Å². The number of benzene rings is 2. The maximum Gasteiger partial charge on any atom is -0.00107 e. The van der Waals surface area contributed by atoms with Crippen molar-refractivity contribution >= 4 is 0 Å². The van der Waals surface area contributed by atoms with Gasteiger partial charge in [-0.2, -0.15) is 0 Å². The SMILES string of the molecule is Cc1cc2c(cc1C)-c1cccc(C)c1C2. The third-order valence-corrected chi connectivity index (χ3v) is 3.79. The summed E-state index contributed by atoms with van der Waals surface area (Å²) < 4.78 is 0. The summed E-state index contributed by atoms with van der Waals surface area (Å²) in [6.45, 7) is 6.61. The van der Waals surface area contributed by atoms with Crippen LogP contribution in [0.3, 0.4) is 0 Å². The minimum absolute atomic E-state index is 1.11. The van der Waals surface area contributed by atoms with Crippen LogP contribution in [0.1, 0.15) is 27.8 Å². The van der Waals surface area contributed by atoms with Gasteiger partial charge in [0.1, 0.15) is 0 Å². The van der Waals surface area contributed by atoms with E-state index in [-0.39, 0.29) is 0 Å². The molecule has 0 heterocycles. The van der Waals surface area contributed by atoms with E-state index in [1.807, 2.05) is 0 Å². The first-order chi connectivity index (χ1) is 7.66. The number of fused-ring (bicyclic) bond motifs is 3. The van der Waals surface area contributed by atoms with Crippen molar-refractivity contribution in [2.75, 3.05) is 0 Å². The van der Waals surface area contributed by atoms with Gasteiger partial charge in [0.15, 0.2) is 0 Å². The van der Waals surface area contributed by atoms with E-state index in [1.54, 1.807) is 0 Å². The Morgan fingerprint density at radius 2 is 1.56 bits per heavy atom. The normalized spacial score (nSPS) is 12.4. The summed E-state index contributed by atoms with van der Waals surface area (Å²) in [5.74, 6) is 0. The maximum atomic E-state index is 2.35. The van der Waals surface area contributed by atoms with Gasteiger partial charge >= 0.3 is 0 Å². The number of rotatable bonds is 0. The van der Waals surface area contributed by atoms with Crippen LogP contribution < -0.4 is 0 Å². The van der Waals surface area contributed by atoms with Crippen LogP contribution in [-0.2, 0) is 6.42 Å². The van der Waals surface area contributed by atoms with Gasteiger partial charge in [0.05, 0.1) is 0 Å². The molecular weight excluding hydrogens is 192 g/mol. The Labute approximate surface area is 96.9 Å². The molecule has 16 heavy (non-hydrogen) atoms. The van der Waals surface area contributed by atoms with Crippen LogP contribution in [0.4, 0.5) is 0 Å². The lowest BCUT2D eigenvalue weighted by atomic mass is 9.99. The van der Waals surface area contributed by atoms with E-state index in [2.05, 4.69) is 51.1 Å². The average molecular weight is 208 g/mol.